The number of rotatable bonds is 6. The maximum atomic E-state index is 12.4. The van der Waals surface area contributed by atoms with E-state index in [9.17, 15) is 14.7 Å². The van der Waals surface area contributed by atoms with Gasteiger partial charge < -0.3 is 10.4 Å². The average molecular weight is 320 g/mol. The van der Waals surface area contributed by atoms with Crippen LogP contribution in [-0.4, -0.2) is 28.0 Å². The maximum Gasteiger partial charge on any atom is 0.326 e. The van der Waals surface area contributed by atoms with E-state index in [0.717, 1.165) is 34.2 Å². The molecule has 0 aliphatic heterocycles. The largest absolute Gasteiger partial charge is 0.480 e. The molecule has 22 heavy (non-hydrogen) atoms. The first-order chi connectivity index (χ1) is 10.5. The predicted octanol–water partition coefficient (Wildman–Crippen LogP) is 3.29. The van der Waals surface area contributed by atoms with Gasteiger partial charge in [-0.15, -0.1) is 11.3 Å². The fraction of sp³-hybridized carbons (Fsp3) is 0.438. The Morgan fingerprint density at radius 2 is 2.14 bits per heavy atom. The number of unbranched alkanes of at least 4 members (excludes halogenated alkanes) is 1. The third-order valence-electron chi connectivity index (χ3n) is 3.69. The van der Waals surface area contributed by atoms with Crippen molar-refractivity contribution in [1.29, 1.82) is 0 Å². The van der Waals surface area contributed by atoms with E-state index in [1.54, 1.807) is 6.20 Å². The summed E-state index contributed by atoms with van der Waals surface area (Å²) >= 11 is 1.31. The summed E-state index contributed by atoms with van der Waals surface area (Å²) in [4.78, 5) is 29.3. The van der Waals surface area contributed by atoms with Gasteiger partial charge >= 0.3 is 5.97 Å². The van der Waals surface area contributed by atoms with Crippen molar-refractivity contribution in [3.8, 4) is 0 Å². The van der Waals surface area contributed by atoms with Gasteiger partial charge in [0.2, 0.25) is 0 Å². The zero-order valence-corrected chi connectivity index (χ0v) is 13.8. The number of pyridine rings is 1. The average Bonchev–Trinajstić information content (AvgIpc) is 2.81. The number of carbonyl (C=O) groups is 2. The number of thiophene rings is 1. The predicted molar refractivity (Wildman–Crippen MR) is 87.5 cm³/mol. The molecule has 0 spiro atoms. The minimum absolute atomic E-state index is 0.330. The van der Waals surface area contributed by atoms with Crippen molar-refractivity contribution in [3.63, 3.8) is 0 Å². The number of hydrogen-bond donors (Lipinski definition) is 2. The third-order valence-corrected chi connectivity index (χ3v) is 4.89. The highest BCUT2D eigenvalue weighted by Gasteiger charge is 2.23. The number of carbonyl (C=O) groups excluding carboxylic acids is 1. The Hall–Kier alpha value is -1.95. The van der Waals surface area contributed by atoms with Crippen LogP contribution in [0.5, 0.6) is 0 Å². The summed E-state index contributed by atoms with van der Waals surface area (Å²) in [5, 5.41) is 12.8. The molecule has 118 valence electrons. The zero-order chi connectivity index (χ0) is 16.3. The normalized spacial score (nSPS) is 12.3. The highest BCUT2D eigenvalue weighted by Crippen LogP contribution is 2.31. The summed E-state index contributed by atoms with van der Waals surface area (Å²) in [7, 11) is 0. The zero-order valence-electron chi connectivity index (χ0n) is 13.0. The molecule has 0 radical (unpaired) electrons. The lowest BCUT2D eigenvalue weighted by atomic mass is 10.1. The number of nitrogens with zero attached hydrogens (tertiary/aromatic N) is 1. The van der Waals surface area contributed by atoms with Gasteiger partial charge in [0.1, 0.15) is 10.9 Å². The number of nitrogens with one attached hydrogen (secondary N) is 1. The standard InChI is InChI=1S/C16H20N2O3S/c1-4-5-6-11(16(20)21)18-14(19)13-10(3)12-9(2)7-8-17-15(12)22-13/h7-8,11H,4-6H2,1-3H3,(H,18,19)(H,20,21)/t11-/m0/s1. The lowest BCUT2D eigenvalue weighted by Gasteiger charge is -2.13. The van der Waals surface area contributed by atoms with E-state index >= 15 is 0 Å². The molecule has 6 heteroatoms. The van der Waals surface area contributed by atoms with Gasteiger partial charge in [0.15, 0.2) is 0 Å². The molecule has 0 unspecified atom stereocenters. The number of aryl methyl sites for hydroxylation is 2. The number of fused-ring (bicyclic) bond motifs is 1. The molecule has 2 aromatic heterocycles. The number of aliphatic carboxylic acids is 1. The number of carboxylic acid groups (broad SMARTS) is 1. The molecule has 0 saturated heterocycles. The van der Waals surface area contributed by atoms with Crippen LogP contribution in [0.3, 0.4) is 0 Å². The molecule has 0 aliphatic rings. The van der Waals surface area contributed by atoms with Gasteiger partial charge in [-0.2, -0.15) is 0 Å². The van der Waals surface area contributed by atoms with Crippen molar-refractivity contribution in [2.45, 2.75) is 46.1 Å². The molecule has 2 rings (SSSR count). The van der Waals surface area contributed by atoms with Crippen molar-refractivity contribution in [3.05, 3.63) is 28.3 Å². The summed E-state index contributed by atoms with van der Waals surface area (Å²) in [5.41, 5.74) is 1.93. The molecular weight excluding hydrogens is 300 g/mol. The second-order valence-corrected chi connectivity index (χ2v) is 6.37. The first kappa shape index (κ1) is 16.4. The summed E-state index contributed by atoms with van der Waals surface area (Å²) in [5.74, 6) is -1.32. The van der Waals surface area contributed by atoms with Crippen molar-refractivity contribution in [2.24, 2.45) is 0 Å². The van der Waals surface area contributed by atoms with Crippen LogP contribution in [-0.2, 0) is 4.79 Å². The van der Waals surface area contributed by atoms with E-state index in [1.165, 1.54) is 11.3 Å². The molecule has 0 fully saturated rings. The number of hydrogen-bond acceptors (Lipinski definition) is 4. The van der Waals surface area contributed by atoms with Gasteiger partial charge in [-0.05, 0) is 37.5 Å². The molecule has 0 bridgehead atoms. The number of carboxylic acids is 1. The highest BCUT2D eigenvalue weighted by atomic mass is 32.1. The SMILES string of the molecule is CCCC[C@H](NC(=O)c1sc2nccc(C)c2c1C)C(=O)O. The lowest BCUT2D eigenvalue weighted by molar-refractivity contribution is -0.139. The van der Waals surface area contributed by atoms with Crippen molar-refractivity contribution >= 4 is 33.4 Å². The Labute approximate surface area is 133 Å². The maximum absolute atomic E-state index is 12.4. The van der Waals surface area contributed by atoms with E-state index < -0.39 is 12.0 Å². The van der Waals surface area contributed by atoms with E-state index in [2.05, 4.69) is 10.3 Å². The summed E-state index contributed by atoms with van der Waals surface area (Å²) in [6.07, 6.45) is 3.82. The Morgan fingerprint density at radius 1 is 1.41 bits per heavy atom. The first-order valence-corrected chi connectivity index (χ1v) is 8.15. The molecule has 2 aromatic rings. The molecule has 0 saturated carbocycles. The van der Waals surface area contributed by atoms with Crippen LogP contribution in [0, 0.1) is 13.8 Å². The summed E-state index contributed by atoms with van der Waals surface area (Å²) < 4.78 is 0. The van der Waals surface area contributed by atoms with Gasteiger partial charge in [0, 0.05) is 11.6 Å². The van der Waals surface area contributed by atoms with Crippen LogP contribution in [0.1, 0.15) is 47.0 Å². The van der Waals surface area contributed by atoms with E-state index in [4.69, 9.17) is 0 Å². The molecule has 0 aliphatic carbocycles. The van der Waals surface area contributed by atoms with Crippen molar-refractivity contribution < 1.29 is 14.7 Å². The Kier molecular flexibility index (Phi) is 5.13. The van der Waals surface area contributed by atoms with Gasteiger partial charge in [-0.1, -0.05) is 19.8 Å². The number of amides is 1. The van der Waals surface area contributed by atoms with E-state index in [1.807, 2.05) is 26.8 Å². The van der Waals surface area contributed by atoms with Crippen LogP contribution in [0.2, 0.25) is 0 Å². The smallest absolute Gasteiger partial charge is 0.326 e. The van der Waals surface area contributed by atoms with Crippen molar-refractivity contribution in [1.82, 2.24) is 10.3 Å². The summed E-state index contributed by atoms with van der Waals surface area (Å²) in [6.45, 7) is 5.85. The molecule has 1 atom stereocenters. The first-order valence-electron chi connectivity index (χ1n) is 7.34. The van der Waals surface area contributed by atoms with Crippen LogP contribution in [0.25, 0.3) is 10.2 Å². The number of aromatic nitrogens is 1. The van der Waals surface area contributed by atoms with Gasteiger partial charge in [0.05, 0.1) is 4.88 Å². The molecule has 5 nitrogen and oxygen atoms in total. The Bertz CT molecular complexity index is 709. The third kappa shape index (κ3) is 3.27. The quantitative estimate of drug-likeness (QED) is 0.856. The summed E-state index contributed by atoms with van der Waals surface area (Å²) in [6, 6.07) is 1.07. The Morgan fingerprint density at radius 3 is 2.73 bits per heavy atom. The highest BCUT2D eigenvalue weighted by molar-refractivity contribution is 7.20. The second-order valence-electron chi connectivity index (χ2n) is 5.37. The van der Waals surface area contributed by atoms with Gasteiger partial charge in [-0.3, -0.25) is 4.79 Å². The van der Waals surface area contributed by atoms with Crippen LogP contribution in [0.15, 0.2) is 12.3 Å². The van der Waals surface area contributed by atoms with Gasteiger partial charge in [-0.25, -0.2) is 9.78 Å². The van der Waals surface area contributed by atoms with E-state index in [0.29, 0.717) is 11.3 Å². The molecule has 2 heterocycles. The van der Waals surface area contributed by atoms with Crippen molar-refractivity contribution in [2.75, 3.05) is 0 Å². The van der Waals surface area contributed by atoms with Gasteiger partial charge in [0.25, 0.3) is 5.91 Å². The Balaban J connectivity index is 2.27. The second kappa shape index (κ2) is 6.87. The monoisotopic (exact) mass is 320 g/mol. The van der Waals surface area contributed by atoms with Crippen LogP contribution >= 0.6 is 11.3 Å². The lowest BCUT2D eigenvalue weighted by Crippen LogP contribution is -2.40. The minimum atomic E-state index is -0.991. The molecule has 2 N–H and O–H groups in total. The van der Waals surface area contributed by atoms with Crippen LogP contribution < -0.4 is 5.32 Å². The van der Waals surface area contributed by atoms with Crippen LogP contribution in [0.4, 0.5) is 0 Å². The minimum Gasteiger partial charge on any atom is -0.480 e. The fourth-order valence-corrected chi connectivity index (χ4v) is 3.59. The topological polar surface area (TPSA) is 79.3 Å². The molecular formula is C16H20N2O3S. The van der Waals surface area contributed by atoms with E-state index in [-0.39, 0.29) is 5.91 Å². The fourth-order valence-electron chi connectivity index (χ4n) is 2.46. The molecule has 0 aromatic carbocycles. The molecule has 1 amide bonds.